The van der Waals surface area contributed by atoms with E-state index in [4.69, 9.17) is 0 Å². The van der Waals surface area contributed by atoms with Crippen molar-refractivity contribution in [2.24, 2.45) is 0 Å². The summed E-state index contributed by atoms with van der Waals surface area (Å²) in [7, 11) is 0. The second kappa shape index (κ2) is 7.86. The molecule has 1 heterocycles. The number of benzene rings is 3. The molecule has 4 aromatic rings. The minimum absolute atomic E-state index is 0.110. The number of nitrogens with one attached hydrogen (secondary N) is 2. The quantitative estimate of drug-likeness (QED) is 0.399. The lowest BCUT2D eigenvalue weighted by atomic mass is 10.0. The summed E-state index contributed by atoms with van der Waals surface area (Å²) >= 11 is 1.22. The third-order valence-corrected chi connectivity index (χ3v) is 5.46. The van der Waals surface area contributed by atoms with Crippen LogP contribution in [0.2, 0.25) is 0 Å². The second-order valence-corrected chi connectivity index (χ2v) is 7.54. The molecular formula is C22H19N3O2S. The molecule has 3 aromatic carbocycles. The number of amides is 1. The minimum Gasteiger partial charge on any atom is -0.349 e. The number of para-hydroxylation sites is 1. The summed E-state index contributed by atoms with van der Waals surface area (Å²) in [4.78, 5) is 31.6. The van der Waals surface area contributed by atoms with Gasteiger partial charge >= 0.3 is 0 Å². The van der Waals surface area contributed by atoms with Crippen LogP contribution in [-0.4, -0.2) is 21.6 Å². The Balaban J connectivity index is 1.41. The molecule has 1 aromatic heterocycles. The molecule has 1 amide bonds. The Morgan fingerprint density at radius 2 is 1.82 bits per heavy atom. The number of rotatable bonds is 5. The van der Waals surface area contributed by atoms with Gasteiger partial charge in [0.15, 0.2) is 5.16 Å². The Kier molecular flexibility index (Phi) is 5.12. The van der Waals surface area contributed by atoms with Crippen molar-refractivity contribution in [1.29, 1.82) is 0 Å². The number of carbonyl (C=O) groups excluding carboxylic acids is 1. The smallest absolute Gasteiger partial charge is 0.259 e. The van der Waals surface area contributed by atoms with Crippen molar-refractivity contribution in [1.82, 2.24) is 15.3 Å². The van der Waals surface area contributed by atoms with Crippen molar-refractivity contribution in [2.45, 2.75) is 18.1 Å². The van der Waals surface area contributed by atoms with Crippen LogP contribution >= 0.6 is 11.8 Å². The average Bonchev–Trinajstić information content (AvgIpc) is 2.72. The van der Waals surface area contributed by atoms with Gasteiger partial charge in [0, 0.05) is 0 Å². The first-order valence-electron chi connectivity index (χ1n) is 9.00. The van der Waals surface area contributed by atoms with Crippen LogP contribution in [0.25, 0.3) is 21.7 Å². The SMILES string of the molecule is CC(NC(=O)CSc1nc2ccccc2c(=O)[nH]1)c1ccc2ccccc2c1. The van der Waals surface area contributed by atoms with Gasteiger partial charge in [-0.2, -0.15) is 0 Å². The highest BCUT2D eigenvalue weighted by atomic mass is 32.2. The maximum atomic E-state index is 12.4. The van der Waals surface area contributed by atoms with Gasteiger partial charge in [0.1, 0.15) is 0 Å². The van der Waals surface area contributed by atoms with E-state index in [1.807, 2.05) is 31.2 Å². The van der Waals surface area contributed by atoms with E-state index >= 15 is 0 Å². The van der Waals surface area contributed by atoms with Crippen LogP contribution in [0.1, 0.15) is 18.5 Å². The van der Waals surface area contributed by atoms with E-state index in [0.29, 0.717) is 16.1 Å². The number of thioether (sulfide) groups is 1. The molecule has 1 unspecified atom stereocenters. The molecule has 28 heavy (non-hydrogen) atoms. The predicted octanol–water partition coefficient (Wildman–Crippen LogP) is 4.05. The van der Waals surface area contributed by atoms with Crippen LogP contribution in [0.4, 0.5) is 0 Å². The van der Waals surface area contributed by atoms with E-state index in [0.717, 1.165) is 10.9 Å². The van der Waals surface area contributed by atoms with Gasteiger partial charge in [0.05, 0.1) is 22.7 Å². The molecule has 1 atom stereocenters. The lowest BCUT2D eigenvalue weighted by molar-refractivity contribution is -0.119. The van der Waals surface area contributed by atoms with Gasteiger partial charge in [0.2, 0.25) is 5.91 Å². The Hall–Kier alpha value is -3.12. The summed E-state index contributed by atoms with van der Waals surface area (Å²) in [5.74, 6) is 0.0700. The second-order valence-electron chi connectivity index (χ2n) is 6.57. The van der Waals surface area contributed by atoms with Crippen LogP contribution < -0.4 is 10.9 Å². The molecule has 0 aliphatic rings. The molecule has 0 aliphatic heterocycles. The number of nitrogens with zero attached hydrogens (tertiary/aromatic N) is 1. The molecule has 0 saturated carbocycles. The number of hydrogen-bond acceptors (Lipinski definition) is 4. The van der Waals surface area contributed by atoms with Crippen molar-refractivity contribution in [2.75, 3.05) is 5.75 Å². The molecule has 0 aliphatic carbocycles. The molecule has 0 spiro atoms. The van der Waals surface area contributed by atoms with Crippen LogP contribution in [0.3, 0.4) is 0 Å². The number of hydrogen-bond donors (Lipinski definition) is 2. The largest absolute Gasteiger partial charge is 0.349 e. The fraction of sp³-hybridized carbons (Fsp3) is 0.136. The molecule has 0 bridgehead atoms. The topological polar surface area (TPSA) is 74.8 Å². The average molecular weight is 389 g/mol. The highest BCUT2D eigenvalue weighted by Gasteiger charge is 2.12. The number of fused-ring (bicyclic) bond motifs is 2. The summed E-state index contributed by atoms with van der Waals surface area (Å²) in [6.45, 7) is 1.96. The lowest BCUT2D eigenvalue weighted by Gasteiger charge is -2.15. The Bertz CT molecular complexity index is 1220. The predicted molar refractivity (Wildman–Crippen MR) is 114 cm³/mol. The third kappa shape index (κ3) is 3.92. The van der Waals surface area contributed by atoms with E-state index in [1.54, 1.807) is 18.2 Å². The highest BCUT2D eigenvalue weighted by molar-refractivity contribution is 7.99. The molecule has 140 valence electrons. The van der Waals surface area contributed by atoms with Gasteiger partial charge in [-0.15, -0.1) is 0 Å². The van der Waals surface area contributed by atoms with E-state index < -0.39 is 0 Å². The number of aromatic amines is 1. The van der Waals surface area contributed by atoms with Crippen molar-refractivity contribution in [3.8, 4) is 0 Å². The molecular weight excluding hydrogens is 370 g/mol. The van der Waals surface area contributed by atoms with Gasteiger partial charge in [-0.25, -0.2) is 4.98 Å². The molecule has 2 N–H and O–H groups in total. The maximum absolute atomic E-state index is 12.4. The molecule has 0 radical (unpaired) electrons. The monoisotopic (exact) mass is 389 g/mol. The fourth-order valence-electron chi connectivity index (χ4n) is 3.11. The van der Waals surface area contributed by atoms with Gasteiger partial charge in [-0.05, 0) is 41.5 Å². The molecule has 5 nitrogen and oxygen atoms in total. The van der Waals surface area contributed by atoms with E-state index in [9.17, 15) is 9.59 Å². The van der Waals surface area contributed by atoms with Crippen LogP contribution in [0.5, 0.6) is 0 Å². The van der Waals surface area contributed by atoms with Crippen LogP contribution in [-0.2, 0) is 4.79 Å². The normalized spacial score (nSPS) is 12.2. The number of H-pyrrole nitrogens is 1. The first-order valence-corrected chi connectivity index (χ1v) is 9.98. The summed E-state index contributed by atoms with van der Waals surface area (Å²) in [5, 5.41) is 6.31. The first kappa shape index (κ1) is 18.3. The fourth-order valence-corrected chi connectivity index (χ4v) is 3.79. The Labute approximate surface area is 166 Å². The van der Waals surface area contributed by atoms with E-state index in [2.05, 4.69) is 39.6 Å². The first-order chi connectivity index (χ1) is 13.6. The van der Waals surface area contributed by atoms with Gasteiger partial charge in [-0.3, -0.25) is 9.59 Å². The van der Waals surface area contributed by atoms with Gasteiger partial charge in [0.25, 0.3) is 5.56 Å². The summed E-state index contributed by atoms with van der Waals surface area (Å²) in [6.07, 6.45) is 0. The Morgan fingerprint density at radius 1 is 1.07 bits per heavy atom. The standard InChI is InChI=1S/C22H19N3O2S/c1-14(16-11-10-15-6-2-3-7-17(15)12-16)23-20(26)13-28-22-24-19-9-5-4-8-18(19)21(27)25-22/h2-12,14H,13H2,1H3,(H,23,26)(H,24,25,27). The minimum atomic E-state index is -0.196. The zero-order valence-electron chi connectivity index (χ0n) is 15.3. The maximum Gasteiger partial charge on any atom is 0.259 e. The molecule has 6 heteroatoms. The molecule has 4 rings (SSSR count). The van der Waals surface area contributed by atoms with E-state index in [-0.39, 0.29) is 23.3 Å². The number of carbonyl (C=O) groups is 1. The van der Waals surface area contributed by atoms with Crippen LogP contribution in [0, 0.1) is 0 Å². The van der Waals surface area contributed by atoms with Crippen molar-refractivity contribution >= 4 is 39.3 Å². The molecule has 0 saturated heterocycles. The summed E-state index contributed by atoms with van der Waals surface area (Å²) in [5.41, 5.74) is 1.48. The Morgan fingerprint density at radius 3 is 2.68 bits per heavy atom. The zero-order valence-corrected chi connectivity index (χ0v) is 16.1. The highest BCUT2D eigenvalue weighted by Crippen LogP contribution is 2.21. The zero-order chi connectivity index (χ0) is 19.5. The van der Waals surface area contributed by atoms with Crippen molar-refractivity contribution in [3.63, 3.8) is 0 Å². The lowest BCUT2D eigenvalue weighted by Crippen LogP contribution is -2.28. The summed E-state index contributed by atoms with van der Waals surface area (Å²) < 4.78 is 0. The third-order valence-electron chi connectivity index (χ3n) is 4.58. The van der Waals surface area contributed by atoms with Crippen LogP contribution in [0.15, 0.2) is 76.7 Å². The molecule has 0 fully saturated rings. The van der Waals surface area contributed by atoms with Gasteiger partial charge in [-0.1, -0.05) is 60.3 Å². The van der Waals surface area contributed by atoms with Crippen molar-refractivity contribution < 1.29 is 4.79 Å². The summed E-state index contributed by atoms with van der Waals surface area (Å²) in [6, 6.07) is 21.4. The van der Waals surface area contributed by atoms with E-state index in [1.165, 1.54) is 17.1 Å². The number of aromatic nitrogens is 2. The van der Waals surface area contributed by atoms with Crippen molar-refractivity contribution in [3.05, 3.63) is 82.6 Å². The van der Waals surface area contributed by atoms with Gasteiger partial charge < -0.3 is 10.3 Å².